The number of nitrogens with one attached hydrogen (secondary N) is 2. The number of carbonyl (C=O) groups is 1. The van der Waals surface area contributed by atoms with Gasteiger partial charge < -0.3 is 20.3 Å². The lowest BCUT2D eigenvalue weighted by Gasteiger charge is -2.30. The highest BCUT2D eigenvalue weighted by molar-refractivity contribution is 9.10. The molecule has 34 heavy (non-hydrogen) atoms. The van der Waals surface area contributed by atoms with Crippen LogP contribution in [0.3, 0.4) is 0 Å². The number of hydrogen-bond acceptors (Lipinski definition) is 7. The molecular formula is C25H29BrN6O2. The van der Waals surface area contributed by atoms with E-state index in [0.29, 0.717) is 17.3 Å². The normalized spacial score (nSPS) is 17.6. The van der Waals surface area contributed by atoms with E-state index in [2.05, 4.69) is 41.5 Å². The third kappa shape index (κ3) is 5.83. The monoisotopic (exact) mass is 524 g/mol. The van der Waals surface area contributed by atoms with Crippen LogP contribution in [0.25, 0.3) is 0 Å². The number of rotatable bonds is 7. The van der Waals surface area contributed by atoms with Gasteiger partial charge in [-0.3, -0.25) is 4.79 Å². The predicted molar refractivity (Wildman–Crippen MR) is 137 cm³/mol. The number of carbonyl (C=O) groups excluding carboxylic acids is 1. The molecule has 1 aromatic carbocycles. The first-order valence-electron chi connectivity index (χ1n) is 11.4. The van der Waals surface area contributed by atoms with Crippen LogP contribution in [-0.4, -0.2) is 47.0 Å². The zero-order valence-electron chi connectivity index (χ0n) is 19.6. The molecule has 2 N–H and O–H groups in total. The second kappa shape index (κ2) is 10.8. The Morgan fingerprint density at radius 3 is 2.53 bits per heavy atom. The highest BCUT2D eigenvalue weighted by Crippen LogP contribution is 2.30. The number of para-hydroxylation sites is 1. The van der Waals surface area contributed by atoms with Crippen LogP contribution in [-0.2, 0) is 0 Å². The van der Waals surface area contributed by atoms with Crippen molar-refractivity contribution in [1.29, 1.82) is 0 Å². The maximum atomic E-state index is 13.0. The molecule has 2 heterocycles. The largest absolute Gasteiger partial charge is 0.437 e. The highest BCUT2D eigenvalue weighted by atomic mass is 79.9. The molecule has 0 bridgehead atoms. The average Bonchev–Trinajstić information content (AvgIpc) is 2.83. The molecule has 9 heteroatoms. The number of amides is 1. The van der Waals surface area contributed by atoms with Crippen molar-refractivity contribution in [2.45, 2.75) is 44.7 Å². The number of nitrogens with zero attached hydrogens (tertiary/aromatic N) is 4. The molecule has 1 fully saturated rings. The Hall–Kier alpha value is -3.20. The number of anilines is 2. The van der Waals surface area contributed by atoms with Crippen molar-refractivity contribution in [2.24, 2.45) is 0 Å². The molecule has 0 radical (unpaired) electrons. The number of aryl methyl sites for hydroxylation is 1. The van der Waals surface area contributed by atoms with Gasteiger partial charge in [-0.05, 0) is 72.8 Å². The van der Waals surface area contributed by atoms with Crippen LogP contribution in [0.5, 0.6) is 11.6 Å². The summed E-state index contributed by atoms with van der Waals surface area (Å²) < 4.78 is 6.72. The van der Waals surface area contributed by atoms with Gasteiger partial charge in [-0.15, -0.1) is 0 Å². The fourth-order valence-corrected chi connectivity index (χ4v) is 4.43. The van der Waals surface area contributed by atoms with E-state index >= 15 is 0 Å². The van der Waals surface area contributed by atoms with Crippen molar-refractivity contribution in [2.75, 3.05) is 24.3 Å². The van der Waals surface area contributed by atoms with Gasteiger partial charge in [0.2, 0.25) is 11.8 Å². The molecule has 2 aromatic heterocycles. The third-order valence-corrected chi connectivity index (χ3v) is 6.48. The molecule has 0 saturated heterocycles. The van der Waals surface area contributed by atoms with Crippen molar-refractivity contribution in [3.8, 4) is 11.6 Å². The summed E-state index contributed by atoms with van der Waals surface area (Å²) in [6.45, 7) is 2.00. The van der Waals surface area contributed by atoms with E-state index in [-0.39, 0.29) is 23.9 Å². The second-order valence-electron chi connectivity index (χ2n) is 8.65. The van der Waals surface area contributed by atoms with Gasteiger partial charge in [0, 0.05) is 44.1 Å². The Morgan fingerprint density at radius 2 is 1.79 bits per heavy atom. The van der Waals surface area contributed by atoms with Crippen LogP contribution in [0.15, 0.2) is 53.3 Å². The topological polar surface area (TPSA) is 92.3 Å². The maximum absolute atomic E-state index is 13.0. The first kappa shape index (κ1) is 23.9. The molecule has 1 aliphatic rings. The lowest BCUT2D eigenvalue weighted by molar-refractivity contribution is 0.0923. The summed E-state index contributed by atoms with van der Waals surface area (Å²) in [7, 11) is 3.95. The fourth-order valence-electron chi connectivity index (χ4n) is 4.06. The van der Waals surface area contributed by atoms with Gasteiger partial charge in [-0.25, -0.2) is 9.97 Å². The molecule has 1 saturated carbocycles. The summed E-state index contributed by atoms with van der Waals surface area (Å²) in [5.74, 6) is 2.28. The number of ether oxygens (including phenoxy) is 1. The summed E-state index contributed by atoms with van der Waals surface area (Å²) in [4.78, 5) is 28.4. The second-order valence-corrected chi connectivity index (χ2v) is 9.50. The van der Waals surface area contributed by atoms with Crippen molar-refractivity contribution in [3.63, 3.8) is 0 Å². The molecule has 0 spiro atoms. The maximum Gasteiger partial charge on any atom is 0.257 e. The number of halogens is 1. The molecule has 1 amide bonds. The zero-order valence-corrected chi connectivity index (χ0v) is 21.2. The van der Waals surface area contributed by atoms with E-state index in [0.717, 1.165) is 41.5 Å². The molecule has 0 atom stereocenters. The van der Waals surface area contributed by atoms with Gasteiger partial charge in [0.15, 0.2) is 0 Å². The molecular weight excluding hydrogens is 496 g/mol. The first-order valence-corrected chi connectivity index (χ1v) is 12.2. The van der Waals surface area contributed by atoms with E-state index in [1.54, 1.807) is 18.3 Å². The van der Waals surface area contributed by atoms with Crippen molar-refractivity contribution < 1.29 is 9.53 Å². The highest BCUT2D eigenvalue weighted by Gasteiger charge is 2.25. The summed E-state index contributed by atoms with van der Waals surface area (Å²) in [6, 6.07) is 11.3. The predicted octanol–water partition coefficient (Wildman–Crippen LogP) is 4.95. The molecule has 8 nitrogen and oxygen atoms in total. The van der Waals surface area contributed by atoms with Crippen LogP contribution in [0.4, 0.5) is 11.8 Å². The number of benzene rings is 1. The van der Waals surface area contributed by atoms with Gasteiger partial charge >= 0.3 is 0 Å². The average molecular weight is 525 g/mol. The summed E-state index contributed by atoms with van der Waals surface area (Å²) in [5.41, 5.74) is 1.46. The van der Waals surface area contributed by atoms with E-state index in [4.69, 9.17) is 4.74 Å². The molecule has 0 unspecified atom stereocenters. The van der Waals surface area contributed by atoms with Crippen LogP contribution in [0.1, 0.15) is 41.6 Å². The van der Waals surface area contributed by atoms with Crippen LogP contribution >= 0.6 is 15.9 Å². The number of hydrogen-bond donors (Lipinski definition) is 2. The van der Waals surface area contributed by atoms with Gasteiger partial charge in [-0.1, -0.05) is 12.1 Å². The lowest BCUT2D eigenvalue weighted by atomic mass is 9.91. The molecule has 1 aliphatic carbocycles. The quantitative estimate of drug-likeness (QED) is 0.451. The van der Waals surface area contributed by atoms with Gasteiger partial charge in [-0.2, -0.15) is 4.98 Å². The Kier molecular flexibility index (Phi) is 7.62. The fraction of sp³-hybridized carbons (Fsp3) is 0.360. The standard InChI is InChI=1S/C25H29BrN6O2/c1-16-15-28-25(31-22(16)32(2)3)30-18-12-10-17(11-13-18)29-23(33)19-7-6-14-27-24(19)34-21-9-5-4-8-20(21)26/h4-9,14-15,17-18H,10-13H2,1-3H3,(H,29,33)(H,28,30,31). The zero-order chi connectivity index (χ0) is 24.1. The first-order chi connectivity index (χ1) is 16.4. The minimum Gasteiger partial charge on any atom is -0.437 e. The van der Waals surface area contributed by atoms with Crippen molar-refractivity contribution >= 4 is 33.6 Å². The summed E-state index contributed by atoms with van der Waals surface area (Å²) in [6.07, 6.45) is 7.05. The van der Waals surface area contributed by atoms with E-state index < -0.39 is 0 Å². The van der Waals surface area contributed by atoms with E-state index in [1.807, 2.05) is 56.4 Å². The van der Waals surface area contributed by atoms with Crippen molar-refractivity contribution in [1.82, 2.24) is 20.3 Å². The summed E-state index contributed by atoms with van der Waals surface area (Å²) >= 11 is 3.47. The SMILES string of the molecule is Cc1cnc(NC2CCC(NC(=O)c3cccnc3Oc3ccccc3Br)CC2)nc1N(C)C. The van der Waals surface area contributed by atoms with E-state index in [9.17, 15) is 4.79 Å². The Labute approximate surface area is 208 Å². The Bertz CT molecular complexity index is 1150. The van der Waals surface area contributed by atoms with E-state index in [1.165, 1.54) is 0 Å². The van der Waals surface area contributed by atoms with Crippen molar-refractivity contribution in [3.05, 3.63) is 64.4 Å². The minimum atomic E-state index is -0.177. The molecule has 3 aromatic rings. The number of aromatic nitrogens is 3. The van der Waals surface area contributed by atoms with Crippen LogP contribution < -0.4 is 20.3 Å². The van der Waals surface area contributed by atoms with Gasteiger partial charge in [0.05, 0.1) is 4.47 Å². The van der Waals surface area contributed by atoms with Gasteiger partial charge in [0.1, 0.15) is 17.1 Å². The lowest BCUT2D eigenvalue weighted by Crippen LogP contribution is -2.40. The smallest absolute Gasteiger partial charge is 0.257 e. The number of pyridine rings is 1. The van der Waals surface area contributed by atoms with Crippen LogP contribution in [0.2, 0.25) is 0 Å². The third-order valence-electron chi connectivity index (χ3n) is 5.82. The Balaban J connectivity index is 1.34. The summed E-state index contributed by atoms with van der Waals surface area (Å²) in [5, 5.41) is 6.61. The van der Waals surface area contributed by atoms with Gasteiger partial charge in [0.25, 0.3) is 5.91 Å². The Morgan fingerprint density at radius 1 is 1.06 bits per heavy atom. The molecule has 4 rings (SSSR count). The van der Waals surface area contributed by atoms with Crippen LogP contribution in [0, 0.1) is 6.92 Å². The molecule has 178 valence electrons. The molecule has 0 aliphatic heterocycles. The minimum absolute atomic E-state index is 0.0957.